The first kappa shape index (κ1) is 18.1. The molecule has 0 unspecified atom stereocenters. The number of hydrogen-bond donors (Lipinski definition) is 0. The fourth-order valence-corrected chi connectivity index (χ4v) is 6.03. The van der Waals surface area contributed by atoms with E-state index < -0.39 is 0 Å². The molecule has 0 aliphatic heterocycles. The van der Waals surface area contributed by atoms with Crippen LogP contribution in [0.4, 0.5) is 0 Å². The summed E-state index contributed by atoms with van der Waals surface area (Å²) in [6.07, 6.45) is 0. The lowest BCUT2D eigenvalue weighted by molar-refractivity contribution is -0.633. The van der Waals surface area contributed by atoms with Crippen molar-refractivity contribution in [2.24, 2.45) is 7.05 Å². The largest absolute Gasteiger partial charge is 0.454 e. The number of para-hydroxylation sites is 3. The van der Waals surface area contributed by atoms with E-state index in [-0.39, 0.29) is 0 Å². The summed E-state index contributed by atoms with van der Waals surface area (Å²) < 4.78 is 11.3. The van der Waals surface area contributed by atoms with Gasteiger partial charge in [-0.2, -0.15) is 4.57 Å². The number of aryl methyl sites for hydroxylation is 2. The van der Waals surface area contributed by atoms with Crippen molar-refractivity contribution in [1.82, 2.24) is 4.40 Å². The summed E-state index contributed by atoms with van der Waals surface area (Å²) in [7, 11) is 2.16. The molecule has 0 spiro atoms. The minimum Gasteiger partial charge on any atom is -0.454 e. The Kier molecular flexibility index (Phi) is 3.27. The van der Waals surface area contributed by atoms with Gasteiger partial charge in [-0.15, -0.1) is 0 Å². The van der Waals surface area contributed by atoms with Crippen LogP contribution in [0.1, 0.15) is 5.56 Å². The Morgan fingerprint density at radius 2 is 1.50 bits per heavy atom. The van der Waals surface area contributed by atoms with Gasteiger partial charge in [-0.1, -0.05) is 48.5 Å². The van der Waals surface area contributed by atoms with Crippen molar-refractivity contribution in [3.63, 3.8) is 0 Å². The first-order chi connectivity index (χ1) is 16.7. The molecule has 4 aromatic carbocycles. The van der Waals surface area contributed by atoms with Crippen molar-refractivity contribution >= 4 is 60.2 Å². The van der Waals surface area contributed by atoms with Crippen LogP contribution in [0.25, 0.3) is 71.4 Å². The number of nitrogens with zero attached hydrogens (tertiary/aromatic N) is 2. The van der Waals surface area contributed by atoms with Gasteiger partial charge >= 0.3 is 0 Å². The van der Waals surface area contributed by atoms with E-state index in [1.54, 1.807) is 0 Å². The van der Waals surface area contributed by atoms with E-state index in [1.165, 1.54) is 60.3 Å². The molecular formula is C31H21N2O+. The second-order valence-corrected chi connectivity index (χ2v) is 9.30. The zero-order valence-corrected chi connectivity index (χ0v) is 19.0. The third-order valence-electron chi connectivity index (χ3n) is 7.54. The Bertz CT molecular complexity index is 2090. The van der Waals surface area contributed by atoms with Crippen molar-refractivity contribution in [2.75, 3.05) is 0 Å². The summed E-state index contributed by atoms with van der Waals surface area (Å²) >= 11 is 0. The van der Waals surface area contributed by atoms with E-state index in [1.807, 2.05) is 0 Å². The van der Waals surface area contributed by atoms with E-state index in [4.69, 9.17) is 4.42 Å². The lowest BCUT2D eigenvalue weighted by Crippen LogP contribution is -2.32. The molecule has 0 aliphatic rings. The number of pyridine rings is 1. The summed E-state index contributed by atoms with van der Waals surface area (Å²) in [4.78, 5) is 0. The molecule has 0 saturated carbocycles. The van der Waals surface area contributed by atoms with E-state index in [9.17, 15) is 0 Å². The minimum atomic E-state index is 0.930. The van der Waals surface area contributed by atoms with Gasteiger partial charge in [0.25, 0.3) is 0 Å². The van der Waals surface area contributed by atoms with Crippen molar-refractivity contribution in [1.29, 1.82) is 0 Å². The molecule has 4 aromatic heterocycles. The maximum absolute atomic E-state index is 6.60. The van der Waals surface area contributed by atoms with Crippen LogP contribution in [-0.2, 0) is 7.05 Å². The lowest BCUT2D eigenvalue weighted by Gasteiger charge is -2.08. The number of rotatable bonds is 1. The van der Waals surface area contributed by atoms with Crippen molar-refractivity contribution in [3.8, 4) is 11.3 Å². The summed E-state index contributed by atoms with van der Waals surface area (Å²) in [6.45, 7) is 2.20. The molecule has 3 heteroatoms. The molecular weight excluding hydrogens is 416 g/mol. The van der Waals surface area contributed by atoms with Crippen LogP contribution in [-0.4, -0.2) is 4.40 Å². The van der Waals surface area contributed by atoms with Crippen LogP contribution in [0.15, 0.2) is 95.4 Å². The molecule has 8 aromatic rings. The second-order valence-electron chi connectivity index (χ2n) is 9.30. The highest BCUT2D eigenvalue weighted by Gasteiger charge is 2.27. The van der Waals surface area contributed by atoms with Crippen molar-refractivity contribution in [3.05, 3.63) is 96.6 Å². The molecule has 3 nitrogen and oxygen atoms in total. The van der Waals surface area contributed by atoms with Gasteiger partial charge in [0.15, 0.2) is 5.58 Å². The van der Waals surface area contributed by atoms with Gasteiger partial charge in [0.2, 0.25) is 11.2 Å². The first-order valence-corrected chi connectivity index (χ1v) is 11.7. The van der Waals surface area contributed by atoms with Crippen LogP contribution in [0.3, 0.4) is 0 Å². The summed E-state index contributed by atoms with van der Waals surface area (Å²) in [5.41, 5.74) is 10.4. The quantitative estimate of drug-likeness (QED) is 0.243. The van der Waals surface area contributed by atoms with Gasteiger partial charge in [-0.05, 0) is 42.8 Å². The van der Waals surface area contributed by atoms with Crippen molar-refractivity contribution in [2.45, 2.75) is 6.92 Å². The van der Waals surface area contributed by atoms with Gasteiger partial charge < -0.3 is 8.82 Å². The molecule has 8 rings (SSSR count). The van der Waals surface area contributed by atoms with E-state index >= 15 is 0 Å². The summed E-state index contributed by atoms with van der Waals surface area (Å²) in [6, 6.07) is 32.6. The maximum Gasteiger partial charge on any atom is 0.213 e. The number of furan rings is 1. The van der Waals surface area contributed by atoms with Crippen LogP contribution >= 0.6 is 0 Å². The number of benzene rings is 4. The number of fused-ring (bicyclic) bond motifs is 9. The molecule has 0 amide bonds. The highest BCUT2D eigenvalue weighted by molar-refractivity contribution is 6.27. The van der Waals surface area contributed by atoms with Gasteiger partial charge in [0.1, 0.15) is 18.1 Å². The van der Waals surface area contributed by atoms with Crippen LogP contribution in [0.2, 0.25) is 0 Å². The smallest absolute Gasteiger partial charge is 0.213 e. The molecule has 0 radical (unpaired) electrons. The summed E-state index contributed by atoms with van der Waals surface area (Å²) in [5, 5.41) is 6.15. The average Bonchev–Trinajstić information content (AvgIpc) is 3.51. The zero-order chi connectivity index (χ0) is 22.6. The molecule has 0 N–H and O–H groups in total. The molecule has 0 aliphatic carbocycles. The topological polar surface area (TPSA) is 21.4 Å². The molecule has 0 bridgehead atoms. The molecule has 0 fully saturated rings. The predicted octanol–water partition coefficient (Wildman–Crippen LogP) is 7.54. The van der Waals surface area contributed by atoms with Gasteiger partial charge in [-0.25, -0.2) is 0 Å². The second kappa shape index (κ2) is 6.15. The predicted molar refractivity (Wildman–Crippen MR) is 140 cm³/mol. The molecule has 34 heavy (non-hydrogen) atoms. The molecule has 0 saturated heterocycles. The Labute approximate surface area is 195 Å². The lowest BCUT2D eigenvalue weighted by atomic mass is 9.98. The Balaban J connectivity index is 1.64. The number of aromatic nitrogens is 2. The Hall–Kier alpha value is -4.37. The molecule has 160 valence electrons. The van der Waals surface area contributed by atoms with Gasteiger partial charge in [-0.3, -0.25) is 0 Å². The summed E-state index contributed by atoms with van der Waals surface area (Å²) in [5.74, 6) is 0. The minimum absolute atomic E-state index is 0.930. The highest BCUT2D eigenvalue weighted by atomic mass is 16.3. The molecule has 0 atom stereocenters. The Morgan fingerprint density at radius 1 is 0.706 bits per heavy atom. The standard InChI is InChI=1S/C31H21N2O/c1-18-14-17-26-28(27(18)25-16-15-19-8-3-5-12-23(19)32(25)2)30-31(34-26)22-11-7-10-21-20-9-4-6-13-24(20)33(30)29(21)22/h3-17H,1-2H3/q+1. The number of hydrogen-bond acceptors (Lipinski definition) is 1. The van der Waals surface area contributed by atoms with E-state index in [0.29, 0.717) is 0 Å². The van der Waals surface area contributed by atoms with Gasteiger partial charge in [0, 0.05) is 33.7 Å². The van der Waals surface area contributed by atoms with E-state index in [0.717, 1.165) is 16.7 Å². The SMILES string of the molecule is Cc1ccc2oc3c4cccc5c6ccccc6n(c54)c3c2c1-c1ccc2ccccc2[n+]1C. The third kappa shape index (κ3) is 2.06. The van der Waals surface area contributed by atoms with Gasteiger partial charge in [0.05, 0.1) is 22.0 Å². The fraction of sp³-hybridized carbons (Fsp3) is 0.0645. The maximum atomic E-state index is 6.60. The normalized spacial score (nSPS) is 12.4. The van der Waals surface area contributed by atoms with Crippen LogP contribution in [0, 0.1) is 6.92 Å². The zero-order valence-electron chi connectivity index (χ0n) is 19.0. The van der Waals surface area contributed by atoms with Crippen LogP contribution < -0.4 is 4.57 Å². The first-order valence-electron chi connectivity index (χ1n) is 11.7. The average molecular weight is 438 g/mol. The molecule has 4 heterocycles. The Morgan fingerprint density at radius 3 is 2.44 bits per heavy atom. The van der Waals surface area contributed by atoms with E-state index in [2.05, 4.69) is 114 Å². The van der Waals surface area contributed by atoms with Crippen LogP contribution in [0.5, 0.6) is 0 Å². The fourth-order valence-electron chi connectivity index (χ4n) is 6.03. The third-order valence-corrected chi connectivity index (χ3v) is 7.54. The monoisotopic (exact) mass is 437 g/mol. The highest BCUT2D eigenvalue weighted by Crippen LogP contribution is 2.45. The van der Waals surface area contributed by atoms with Crippen molar-refractivity contribution < 1.29 is 8.98 Å².